The number of hydrogen-bond donors (Lipinski definition) is 0. The van der Waals surface area contributed by atoms with Crippen molar-refractivity contribution >= 4 is 0 Å². The zero-order valence-corrected chi connectivity index (χ0v) is 8.21. The Balaban J connectivity index is 2.30. The van der Waals surface area contributed by atoms with Crippen LogP contribution in [-0.2, 0) is 0 Å². The van der Waals surface area contributed by atoms with Gasteiger partial charge in [-0.15, -0.1) is 6.42 Å². The molecule has 1 nitrogen and oxygen atoms in total. The summed E-state index contributed by atoms with van der Waals surface area (Å²) in [4.78, 5) is 2.31. The summed E-state index contributed by atoms with van der Waals surface area (Å²) in [5, 5.41) is 0. The lowest BCUT2D eigenvalue weighted by Crippen LogP contribution is -2.34. The standard InChI is InChI=1S/C11H19N/c1-4-9-12(3)11-7-5-10(2)6-8-11/h1,10-11H,5-9H2,2-3H3. The maximum Gasteiger partial charge on any atom is 0.0598 e. The fourth-order valence-electron chi connectivity index (χ4n) is 1.96. The van der Waals surface area contributed by atoms with E-state index in [1.54, 1.807) is 0 Å². The van der Waals surface area contributed by atoms with Crippen LogP contribution in [0.1, 0.15) is 32.6 Å². The van der Waals surface area contributed by atoms with Crippen LogP contribution in [0.25, 0.3) is 0 Å². The van der Waals surface area contributed by atoms with Gasteiger partial charge in [0.05, 0.1) is 6.54 Å². The molecule has 1 saturated carbocycles. The number of rotatable bonds is 2. The summed E-state index contributed by atoms with van der Waals surface area (Å²) in [6, 6.07) is 0.747. The second kappa shape index (κ2) is 4.52. The lowest BCUT2D eigenvalue weighted by Gasteiger charge is -2.32. The molecule has 68 valence electrons. The van der Waals surface area contributed by atoms with Crippen LogP contribution in [0.15, 0.2) is 0 Å². The summed E-state index contributed by atoms with van der Waals surface area (Å²) in [5.41, 5.74) is 0. The molecule has 0 aromatic carbocycles. The van der Waals surface area contributed by atoms with Crippen LogP contribution in [0.5, 0.6) is 0 Å². The van der Waals surface area contributed by atoms with Crippen molar-refractivity contribution in [2.75, 3.05) is 13.6 Å². The highest BCUT2D eigenvalue weighted by Gasteiger charge is 2.20. The van der Waals surface area contributed by atoms with E-state index in [0.717, 1.165) is 18.5 Å². The molecular formula is C11H19N. The van der Waals surface area contributed by atoms with Crippen molar-refractivity contribution < 1.29 is 0 Å². The molecule has 0 spiro atoms. The van der Waals surface area contributed by atoms with Crippen LogP contribution >= 0.6 is 0 Å². The largest absolute Gasteiger partial charge is 0.292 e. The van der Waals surface area contributed by atoms with Crippen LogP contribution in [-0.4, -0.2) is 24.5 Å². The van der Waals surface area contributed by atoms with Crippen molar-refractivity contribution in [2.24, 2.45) is 5.92 Å². The molecule has 0 bridgehead atoms. The molecule has 0 saturated heterocycles. The molecule has 1 rings (SSSR count). The monoisotopic (exact) mass is 165 g/mol. The summed E-state index contributed by atoms with van der Waals surface area (Å²) in [6.07, 6.45) is 10.7. The lowest BCUT2D eigenvalue weighted by atomic mass is 9.87. The molecule has 1 aliphatic carbocycles. The van der Waals surface area contributed by atoms with Crippen molar-refractivity contribution in [2.45, 2.75) is 38.6 Å². The second-order valence-corrected chi connectivity index (χ2v) is 4.03. The molecule has 0 aromatic rings. The third kappa shape index (κ3) is 2.53. The molecule has 0 radical (unpaired) electrons. The van der Waals surface area contributed by atoms with Crippen LogP contribution in [0.3, 0.4) is 0 Å². The SMILES string of the molecule is C#CCN(C)C1CCC(C)CC1. The first-order valence-corrected chi connectivity index (χ1v) is 4.87. The van der Waals surface area contributed by atoms with Gasteiger partial charge in [-0.3, -0.25) is 4.90 Å². The predicted octanol–water partition coefficient (Wildman–Crippen LogP) is 2.13. The molecule has 1 fully saturated rings. The van der Waals surface area contributed by atoms with E-state index in [9.17, 15) is 0 Å². The van der Waals surface area contributed by atoms with Crippen molar-refractivity contribution in [3.05, 3.63) is 0 Å². The maximum absolute atomic E-state index is 5.27. The van der Waals surface area contributed by atoms with E-state index in [1.807, 2.05) is 0 Å². The van der Waals surface area contributed by atoms with E-state index in [-0.39, 0.29) is 0 Å². The minimum atomic E-state index is 0.747. The van der Waals surface area contributed by atoms with Crippen molar-refractivity contribution in [1.82, 2.24) is 4.90 Å². The minimum Gasteiger partial charge on any atom is -0.292 e. The molecule has 1 aliphatic rings. The topological polar surface area (TPSA) is 3.24 Å². The molecule has 0 unspecified atom stereocenters. The van der Waals surface area contributed by atoms with Gasteiger partial charge in [-0.2, -0.15) is 0 Å². The molecule has 0 amide bonds. The lowest BCUT2D eigenvalue weighted by molar-refractivity contribution is 0.187. The fourth-order valence-corrected chi connectivity index (χ4v) is 1.96. The molecule has 0 aromatic heterocycles. The Hall–Kier alpha value is -0.480. The first-order valence-electron chi connectivity index (χ1n) is 4.87. The molecule has 0 aliphatic heterocycles. The zero-order valence-electron chi connectivity index (χ0n) is 8.21. The summed E-state index contributed by atoms with van der Waals surface area (Å²) in [6.45, 7) is 3.15. The Labute approximate surface area is 76.1 Å². The van der Waals surface area contributed by atoms with Gasteiger partial charge in [0.1, 0.15) is 0 Å². The average Bonchev–Trinajstić information content (AvgIpc) is 2.06. The smallest absolute Gasteiger partial charge is 0.0598 e. The van der Waals surface area contributed by atoms with Crippen molar-refractivity contribution in [3.63, 3.8) is 0 Å². The first kappa shape index (κ1) is 9.61. The summed E-state index contributed by atoms with van der Waals surface area (Å²) in [5.74, 6) is 3.63. The first-order chi connectivity index (χ1) is 5.74. The highest BCUT2D eigenvalue weighted by molar-refractivity contribution is 4.90. The Morgan fingerprint density at radius 2 is 1.92 bits per heavy atom. The number of hydrogen-bond acceptors (Lipinski definition) is 1. The quantitative estimate of drug-likeness (QED) is 0.567. The normalized spacial score (nSPS) is 30.2. The average molecular weight is 165 g/mol. The van der Waals surface area contributed by atoms with Crippen LogP contribution < -0.4 is 0 Å². The maximum atomic E-state index is 5.27. The van der Waals surface area contributed by atoms with Crippen LogP contribution in [0, 0.1) is 18.3 Å². The van der Waals surface area contributed by atoms with Crippen LogP contribution in [0.2, 0.25) is 0 Å². The Bertz CT molecular complexity index is 160. The molecule has 0 N–H and O–H groups in total. The van der Waals surface area contributed by atoms with Gasteiger partial charge >= 0.3 is 0 Å². The van der Waals surface area contributed by atoms with Crippen molar-refractivity contribution in [1.29, 1.82) is 0 Å². The van der Waals surface area contributed by atoms with E-state index in [0.29, 0.717) is 0 Å². The zero-order chi connectivity index (χ0) is 8.97. The molecule has 1 heteroatoms. The highest BCUT2D eigenvalue weighted by atomic mass is 15.1. The molecule has 12 heavy (non-hydrogen) atoms. The van der Waals surface area contributed by atoms with Gasteiger partial charge in [-0.1, -0.05) is 12.8 Å². The summed E-state index contributed by atoms with van der Waals surface area (Å²) >= 11 is 0. The van der Waals surface area contributed by atoms with E-state index in [4.69, 9.17) is 6.42 Å². The second-order valence-electron chi connectivity index (χ2n) is 4.03. The van der Waals surface area contributed by atoms with Crippen LogP contribution in [0.4, 0.5) is 0 Å². The van der Waals surface area contributed by atoms with Gasteiger partial charge in [0.25, 0.3) is 0 Å². The third-order valence-electron chi connectivity index (χ3n) is 2.95. The molecule has 0 heterocycles. The van der Waals surface area contributed by atoms with E-state index in [2.05, 4.69) is 24.8 Å². The third-order valence-corrected chi connectivity index (χ3v) is 2.95. The Morgan fingerprint density at radius 3 is 2.42 bits per heavy atom. The van der Waals surface area contributed by atoms with Gasteiger partial charge in [-0.25, -0.2) is 0 Å². The van der Waals surface area contributed by atoms with E-state index < -0.39 is 0 Å². The molecule has 0 atom stereocenters. The van der Waals surface area contributed by atoms with E-state index in [1.165, 1.54) is 25.7 Å². The van der Waals surface area contributed by atoms with Gasteiger partial charge in [0.2, 0.25) is 0 Å². The van der Waals surface area contributed by atoms with Gasteiger partial charge in [-0.05, 0) is 38.6 Å². The minimum absolute atomic E-state index is 0.747. The van der Waals surface area contributed by atoms with Gasteiger partial charge in [0, 0.05) is 6.04 Å². The Kier molecular flexibility index (Phi) is 3.62. The highest BCUT2D eigenvalue weighted by Crippen LogP contribution is 2.25. The van der Waals surface area contributed by atoms with Gasteiger partial charge in [0.15, 0.2) is 0 Å². The fraction of sp³-hybridized carbons (Fsp3) is 0.818. The van der Waals surface area contributed by atoms with Gasteiger partial charge < -0.3 is 0 Å². The van der Waals surface area contributed by atoms with E-state index >= 15 is 0 Å². The molecular weight excluding hydrogens is 146 g/mol. The number of nitrogens with zero attached hydrogens (tertiary/aromatic N) is 1. The summed E-state index contributed by atoms with van der Waals surface area (Å²) in [7, 11) is 2.14. The number of terminal acetylenes is 1. The predicted molar refractivity (Wildman–Crippen MR) is 52.9 cm³/mol. The Morgan fingerprint density at radius 1 is 1.33 bits per heavy atom. The summed E-state index contributed by atoms with van der Waals surface area (Å²) < 4.78 is 0. The van der Waals surface area contributed by atoms with Crippen molar-refractivity contribution in [3.8, 4) is 12.3 Å².